The summed E-state index contributed by atoms with van der Waals surface area (Å²) in [4.78, 5) is 18.6. The smallest absolute Gasteiger partial charge is 0.308 e. The summed E-state index contributed by atoms with van der Waals surface area (Å²) in [6.07, 6.45) is 13.3. The van der Waals surface area contributed by atoms with Crippen molar-refractivity contribution in [1.82, 2.24) is 4.98 Å². The van der Waals surface area contributed by atoms with E-state index in [0.29, 0.717) is 24.5 Å². The number of ether oxygens (including phenoxy) is 1. The lowest BCUT2D eigenvalue weighted by molar-refractivity contribution is -0.132. The Kier molecular flexibility index (Phi) is 12.2. The van der Waals surface area contributed by atoms with Gasteiger partial charge in [-0.25, -0.2) is 4.98 Å². The lowest BCUT2D eigenvalue weighted by Gasteiger charge is -2.25. The van der Waals surface area contributed by atoms with Gasteiger partial charge in [0.2, 0.25) is 0 Å². The molecule has 2 rings (SSSR count). The summed E-state index contributed by atoms with van der Waals surface area (Å²) in [5.74, 6) is 3.63. The molecule has 0 saturated heterocycles. The molecular weight excluding hydrogens is 448 g/mol. The minimum atomic E-state index is -0.729. The summed E-state index contributed by atoms with van der Waals surface area (Å²) < 4.78 is 5.60. The molecule has 1 aromatic heterocycles. The van der Waals surface area contributed by atoms with Gasteiger partial charge in [0.15, 0.2) is 5.75 Å². The van der Waals surface area contributed by atoms with Crippen LogP contribution in [0.5, 0.6) is 5.75 Å². The van der Waals surface area contributed by atoms with Crippen LogP contribution in [-0.2, 0) is 17.6 Å². The number of likely N-dealkylation sites (N-methyl/N-ethyl adjacent to an activating group) is 1. The number of carbonyl (C=O) groups is 1. The number of aliphatic hydroxyl groups is 1. The highest BCUT2D eigenvalue weighted by molar-refractivity contribution is 5.72. The van der Waals surface area contributed by atoms with Crippen LogP contribution in [0.15, 0.2) is 0 Å². The average Bonchev–Trinajstić information content (AvgIpc) is 3.13. The number of anilines is 1. The first-order valence-corrected chi connectivity index (χ1v) is 14.5. The first kappa shape index (κ1) is 30.6. The molecule has 0 bridgehead atoms. The number of hydrogen-bond donors (Lipinski definition) is 1. The summed E-state index contributed by atoms with van der Waals surface area (Å²) in [7, 11) is 2.05. The molecule has 0 saturated carbocycles. The van der Waals surface area contributed by atoms with Crippen LogP contribution in [0.1, 0.15) is 123 Å². The standard InChI is InChI=1S/C31H54N2O3/c1-22(2)12-9-13-23(3)14-10-15-24(4)16-11-19-31(7,35)20-17-27-28-18-21-33(8)30(28)32-25(5)29(27)36-26(6)34/h22-24,35H,9-21H2,1-8H3/t23-,24-,31+/m1/s1. The van der Waals surface area contributed by atoms with Crippen LogP contribution < -0.4 is 9.64 Å². The number of aromatic nitrogens is 1. The maximum absolute atomic E-state index is 11.8. The number of pyridine rings is 1. The summed E-state index contributed by atoms with van der Waals surface area (Å²) in [5, 5.41) is 11.2. The molecule has 0 radical (unpaired) electrons. The molecule has 0 unspecified atom stereocenters. The topological polar surface area (TPSA) is 62.7 Å². The highest BCUT2D eigenvalue weighted by Gasteiger charge is 2.28. The molecule has 0 fully saturated rings. The Labute approximate surface area is 221 Å². The van der Waals surface area contributed by atoms with Crippen molar-refractivity contribution in [3.63, 3.8) is 0 Å². The molecule has 0 aliphatic carbocycles. The van der Waals surface area contributed by atoms with Gasteiger partial charge in [-0.15, -0.1) is 0 Å². The van der Waals surface area contributed by atoms with E-state index in [4.69, 9.17) is 9.72 Å². The van der Waals surface area contributed by atoms with Crippen molar-refractivity contribution >= 4 is 11.8 Å². The molecule has 206 valence electrons. The Morgan fingerprint density at radius 1 is 1.03 bits per heavy atom. The van der Waals surface area contributed by atoms with Crippen molar-refractivity contribution in [3.05, 3.63) is 16.8 Å². The Bertz CT molecular complexity index is 834. The van der Waals surface area contributed by atoms with Gasteiger partial charge in [0.05, 0.1) is 11.3 Å². The molecule has 36 heavy (non-hydrogen) atoms. The normalized spacial score (nSPS) is 16.7. The minimum absolute atomic E-state index is 0.321. The van der Waals surface area contributed by atoms with Gasteiger partial charge in [0, 0.05) is 31.6 Å². The zero-order chi connectivity index (χ0) is 26.9. The quantitative estimate of drug-likeness (QED) is 0.238. The van der Waals surface area contributed by atoms with E-state index in [2.05, 4.69) is 39.6 Å². The van der Waals surface area contributed by atoms with Crippen molar-refractivity contribution in [1.29, 1.82) is 0 Å². The number of carbonyl (C=O) groups excluding carboxylic acids is 1. The summed E-state index contributed by atoms with van der Waals surface area (Å²) in [5.41, 5.74) is 2.23. The molecule has 0 amide bonds. The van der Waals surface area contributed by atoms with E-state index in [1.165, 1.54) is 57.4 Å². The highest BCUT2D eigenvalue weighted by atomic mass is 16.5. The third-order valence-electron chi connectivity index (χ3n) is 8.01. The third-order valence-corrected chi connectivity index (χ3v) is 8.01. The van der Waals surface area contributed by atoms with Crippen LogP contribution >= 0.6 is 0 Å². The van der Waals surface area contributed by atoms with Crippen LogP contribution in [0, 0.1) is 24.7 Å². The van der Waals surface area contributed by atoms with Crippen LogP contribution in [0.3, 0.4) is 0 Å². The van der Waals surface area contributed by atoms with E-state index < -0.39 is 5.60 Å². The van der Waals surface area contributed by atoms with E-state index in [-0.39, 0.29) is 5.97 Å². The van der Waals surface area contributed by atoms with Gasteiger partial charge in [-0.2, -0.15) is 0 Å². The van der Waals surface area contributed by atoms with Crippen molar-refractivity contribution in [2.45, 2.75) is 131 Å². The molecule has 5 heteroatoms. The predicted molar refractivity (Wildman–Crippen MR) is 151 cm³/mol. The molecule has 2 heterocycles. The van der Waals surface area contributed by atoms with Crippen molar-refractivity contribution in [2.24, 2.45) is 17.8 Å². The lowest BCUT2D eigenvalue weighted by Crippen LogP contribution is -2.25. The summed E-state index contributed by atoms with van der Waals surface area (Å²) in [6, 6.07) is 0. The maximum Gasteiger partial charge on any atom is 0.308 e. The number of rotatable bonds is 16. The van der Waals surface area contributed by atoms with Crippen LogP contribution in [0.25, 0.3) is 0 Å². The first-order valence-electron chi connectivity index (χ1n) is 14.5. The maximum atomic E-state index is 11.8. The SMILES string of the molecule is CC(=O)Oc1c(C)nc2c(c1CC[C@@](C)(O)CCC[C@H](C)CCC[C@H](C)CCCC(C)C)CCN2C. The second-order valence-corrected chi connectivity index (χ2v) is 12.4. The molecular formula is C31H54N2O3. The minimum Gasteiger partial charge on any atom is -0.424 e. The molecule has 5 nitrogen and oxygen atoms in total. The Morgan fingerprint density at radius 2 is 1.61 bits per heavy atom. The average molecular weight is 503 g/mol. The largest absolute Gasteiger partial charge is 0.424 e. The van der Waals surface area contributed by atoms with Gasteiger partial charge >= 0.3 is 5.97 Å². The fraction of sp³-hybridized carbons (Fsp3) is 0.806. The predicted octanol–water partition coefficient (Wildman–Crippen LogP) is 7.43. The van der Waals surface area contributed by atoms with Crippen molar-refractivity contribution < 1.29 is 14.6 Å². The Balaban J connectivity index is 1.81. The van der Waals surface area contributed by atoms with Gasteiger partial charge < -0.3 is 14.7 Å². The van der Waals surface area contributed by atoms with E-state index in [9.17, 15) is 9.90 Å². The molecule has 0 aromatic carbocycles. The van der Waals surface area contributed by atoms with Gasteiger partial charge in [-0.3, -0.25) is 4.79 Å². The molecule has 0 spiro atoms. The molecule has 1 aliphatic rings. The van der Waals surface area contributed by atoms with Gasteiger partial charge in [-0.1, -0.05) is 79.1 Å². The lowest BCUT2D eigenvalue weighted by atomic mass is 9.87. The third kappa shape index (κ3) is 10.0. The Morgan fingerprint density at radius 3 is 2.19 bits per heavy atom. The molecule has 1 N–H and O–H groups in total. The van der Waals surface area contributed by atoms with Gasteiger partial charge in [0.25, 0.3) is 0 Å². The van der Waals surface area contributed by atoms with E-state index >= 15 is 0 Å². The van der Waals surface area contributed by atoms with Gasteiger partial charge in [-0.05, 0) is 57.3 Å². The van der Waals surface area contributed by atoms with Crippen LogP contribution in [-0.4, -0.2) is 35.3 Å². The number of nitrogens with zero attached hydrogens (tertiary/aromatic N) is 2. The molecule has 1 aromatic rings. The highest BCUT2D eigenvalue weighted by Crippen LogP contribution is 2.38. The van der Waals surface area contributed by atoms with Crippen LogP contribution in [0.2, 0.25) is 0 Å². The number of hydrogen-bond acceptors (Lipinski definition) is 5. The fourth-order valence-electron chi connectivity index (χ4n) is 5.60. The first-order chi connectivity index (χ1) is 16.9. The van der Waals surface area contributed by atoms with Crippen molar-refractivity contribution in [3.8, 4) is 5.75 Å². The zero-order valence-corrected chi connectivity index (χ0v) is 24.6. The molecule has 3 atom stereocenters. The summed E-state index contributed by atoms with van der Waals surface area (Å²) in [6.45, 7) is 15.6. The number of aryl methyl sites for hydroxylation is 1. The number of esters is 1. The van der Waals surface area contributed by atoms with Crippen molar-refractivity contribution in [2.75, 3.05) is 18.5 Å². The Hall–Kier alpha value is -1.62. The monoisotopic (exact) mass is 502 g/mol. The number of fused-ring (bicyclic) bond motifs is 1. The van der Waals surface area contributed by atoms with Crippen LogP contribution in [0.4, 0.5) is 5.82 Å². The fourth-order valence-corrected chi connectivity index (χ4v) is 5.60. The van der Waals surface area contributed by atoms with E-state index in [1.807, 2.05) is 13.8 Å². The summed E-state index contributed by atoms with van der Waals surface area (Å²) >= 11 is 0. The zero-order valence-electron chi connectivity index (χ0n) is 24.6. The van der Waals surface area contributed by atoms with Gasteiger partial charge in [0.1, 0.15) is 5.82 Å². The second kappa shape index (κ2) is 14.4. The van der Waals surface area contributed by atoms with E-state index in [0.717, 1.165) is 54.7 Å². The molecule has 1 aliphatic heterocycles. The van der Waals surface area contributed by atoms with E-state index in [1.54, 1.807) is 0 Å². The second-order valence-electron chi connectivity index (χ2n) is 12.4.